The zero-order chi connectivity index (χ0) is 21.4. The van der Waals surface area contributed by atoms with Crippen LogP contribution < -0.4 is 10.6 Å². The van der Waals surface area contributed by atoms with Gasteiger partial charge in [-0.2, -0.15) is 0 Å². The molecule has 1 heterocycles. The van der Waals surface area contributed by atoms with Crippen LogP contribution >= 0.6 is 12.2 Å². The molecule has 0 aromatic heterocycles. The minimum absolute atomic E-state index is 0.140. The van der Waals surface area contributed by atoms with Crippen molar-refractivity contribution in [3.63, 3.8) is 0 Å². The molecule has 2 atom stereocenters. The minimum atomic E-state index is -1.54. The average Bonchev–Trinajstić information content (AvgIpc) is 2.53. The van der Waals surface area contributed by atoms with E-state index >= 15 is 0 Å². The Morgan fingerprint density at radius 2 is 1.93 bits per heavy atom. The summed E-state index contributed by atoms with van der Waals surface area (Å²) in [6.45, 7) is 9.89. The van der Waals surface area contributed by atoms with Crippen molar-refractivity contribution in [1.82, 2.24) is 10.6 Å². The highest BCUT2D eigenvalue weighted by molar-refractivity contribution is 7.80. The predicted molar refractivity (Wildman–Crippen MR) is 112 cm³/mol. The molecule has 1 aliphatic rings. The molecule has 0 aromatic rings. The van der Waals surface area contributed by atoms with Crippen molar-refractivity contribution in [2.75, 3.05) is 13.1 Å². The largest absolute Gasteiger partial charge is 0.481 e. The third kappa shape index (κ3) is 9.19. The fourth-order valence-corrected chi connectivity index (χ4v) is 3.67. The van der Waals surface area contributed by atoms with Crippen molar-refractivity contribution in [1.29, 1.82) is 0 Å². The summed E-state index contributed by atoms with van der Waals surface area (Å²) < 4.78 is 5.44. The maximum Gasteiger partial charge on any atom is 0.309 e. The van der Waals surface area contributed by atoms with Crippen LogP contribution in [0, 0.1) is 11.3 Å². The second-order valence-corrected chi connectivity index (χ2v) is 9.37. The zero-order valence-corrected chi connectivity index (χ0v) is 18.4. The first-order valence-corrected chi connectivity index (χ1v) is 10.5. The van der Waals surface area contributed by atoms with Gasteiger partial charge in [0.1, 0.15) is 6.10 Å². The molecule has 0 amide bonds. The molecule has 4 N–H and O–H groups in total. The van der Waals surface area contributed by atoms with Gasteiger partial charge in [0.15, 0.2) is 5.11 Å². The SMILES string of the molecule is CC(C)CCCNC(=S)NCCCC(C)(C)C1CC(O)(CC(=O)O)CC(=O)O1. The highest BCUT2D eigenvalue weighted by atomic mass is 32.1. The number of cyclic esters (lactones) is 1. The highest BCUT2D eigenvalue weighted by Crippen LogP contribution is 2.39. The second kappa shape index (κ2) is 11.0. The first-order valence-electron chi connectivity index (χ1n) is 10.1. The number of rotatable bonds is 11. The summed E-state index contributed by atoms with van der Waals surface area (Å²) in [5, 5.41) is 26.5. The molecule has 8 heteroatoms. The van der Waals surface area contributed by atoms with Crippen LogP contribution in [-0.2, 0) is 14.3 Å². The lowest BCUT2D eigenvalue weighted by molar-refractivity contribution is -0.184. The molecule has 2 unspecified atom stereocenters. The number of nitrogens with one attached hydrogen (secondary N) is 2. The van der Waals surface area contributed by atoms with E-state index < -0.39 is 30.1 Å². The Bertz CT molecular complexity index is 549. The molecule has 1 aliphatic heterocycles. The molecule has 1 saturated heterocycles. The molecule has 0 radical (unpaired) electrons. The molecule has 1 fully saturated rings. The van der Waals surface area contributed by atoms with Gasteiger partial charge >= 0.3 is 11.9 Å². The summed E-state index contributed by atoms with van der Waals surface area (Å²) >= 11 is 5.27. The number of ether oxygens (including phenoxy) is 1. The van der Waals surface area contributed by atoms with Crippen molar-refractivity contribution in [2.24, 2.45) is 11.3 Å². The Morgan fingerprint density at radius 1 is 1.32 bits per heavy atom. The second-order valence-electron chi connectivity index (χ2n) is 8.97. The van der Waals surface area contributed by atoms with E-state index in [0.29, 0.717) is 17.6 Å². The Hall–Kier alpha value is -1.41. The van der Waals surface area contributed by atoms with Gasteiger partial charge in [0, 0.05) is 24.9 Å². The van der Waals surface area contributed by atoms with Gasteiger partial charge in [-0.05, 0) is 43.8 Å². The van der Waals surface area contributed by atoms with E-state index in [4.69, 9.17) is 22.1 Å². The van der Waals surface area contributed by atoms with Crippen molar-refractivity contribution in [3.05, 3.63) is 0 Å². The summed E-state index contributed by atoms with van der Waals surface area (Å²) in [5.74, 6) is -0.974. The molecule has 0 aromatic carbocycles. The van der Waals surface area contributed by atoms with E-state index in [0.717, 1.165) is 32.2 Å². The molecular weight excluding hydrogens is 380 g/mol. The number of thiocarbonyl (C=S) groups is 1. The van der Waals surface area contributed by atoms with Crippen LogP contribution in [-0.4, -0.2) is 52.1 Å². The molecule has 0 spiro atoms. The molecule has 162 valence electrons. The lowest BCUT2D eigenvalue weighted by atomic mass is 9.74. The fraction of sp³-hybridized carbons (Fsp3) is 0.850. The maximum absolute atomic E-state index is 11.9. The fourth-order valence-electron chi connectivity index (χ4n) is 3.46. The maximum atomic E-state index is 11.9. The van der Waals surface area contributed by atoms with Crippen LogP contribution in [0.15, 0.2) is 0 Å². The van der Waals surface area contributed by atoms with Crippen molar-refractivity contribution in [2.45, 2.75) is 84.3 Å². The number of carbonyl (C=O) groups excluding carboxylic acids is 1. The highest BCUT2D eigenvalue weighted by Gasteiger charge is 2.46. The van der Waals surface area contributed by atoms with E-state index in [1.54, 1.807) is 0 Å². The Kier molecular flexibility index (Phi) is 9.63. The Morgan fingerprint density at radius 3 is 2.50 bits per heavy atom. The number of carboxylic acid groups (broad SMARTS) is 1. The number of esters is 1. The van der Waals surface area contributed by atoms with Crippen molar-refractivity contribution in [3.8, 4) is 0 Å². The van der Waals surface area contributed by atoms with Crippen LogP contribution in [0.2, 0.25) is 0 Å². The third-order valence-corrected chi connectivity index (χ3v) is 5.48. The minimum Gasteiger partial charge on any atom is -0.481 e. The topological polar surface area (TPSA) is 108 Å². The summed E-state index contributed by atoms with van der Waals surface area (Å²) in [5.41, 5.74) is -1.92. The molecule has 0 aliphatic carbocycles. The first kappa shape index (κ1) is 24.6. The lowest BCUT2D eigenvalue weighted by Gasteiger charge is -2.42. The van der Waals surface area contributed by atoms with Crippen LogP contribution in [0.4, 0.5) is 0 Å². The standard InChI is InChI=1S/C20H36N2O5S/c1-14(2)7-5-9-21-18(28)22-10-6-8-19(3,4)15-11-20(26,12-16(23)24)13-17(25)27-15/h14-15,26H,5-13H2,1-4H3,(H,23,24)(H2,21,22,28). The Balaban J connectivity index is 2.39. The van der Waals surface area contributed by atoms with Gasteiger partial charge in [0.05, 0.1) is 18.4 Å². The van der Waals surface area contributed by atoms with Crippen LogP contribution in [0.3, 0.4) is 0 Å². The first-order chi connectivity index (χ1) is 12.9. The smallest absolute Gasteiger partial charge is 0.309 e. The molecule has 7 nitrogen and oxygen atoms in total. The van der Waals surface area contributed by atoms with Crippen LogP contribution in [0.5, 0.6) is 0 Å². The predicted octanol–water partition coefficient (Wildman–Crippen LogP) is 2.60. The zero-order valence-electron chi connectivity index (χ0n) is 17.5. The van der Waals surface area contributed by atoms with Gasteiger partial charge < -0.3 is 25.6 Å². The van der Waals surface area contributed by atoms with Crippen LogP contribution in [0.1, 0.15) is 72.6 Å². The number of hydrogen-bond acceptors (Lipinski definition) is 5. The van der Waals surface area contributed by atoms with Crippen LogP contribution in [0.25, 0.3) is 0 Å². The molecule has 0 bridgehead atoms. The molecule has 0 saturated carbocycles. The van der Waals surface area contributed by atoms with Gasteiger partial charge in [0.2, 0.25) is 0 Å². The number of aliphatic hydroxyl groups is 1. The molecule has 28 heavy (non-hydrogen) atoms. The van der Waals surface area contributed by atoms with Gasteiger partial charge in [-0.3, -0.25) is 9.59 Å². The quantitative estimate of drug-likeness (QED) is 0.231. The Labute approximate surface area is 173 Å². The van der Waals surface area contributed by atoms with E-state index in [1.807, 2.05) is 13.8 Å². The molecule has 1 rings (SSSR count). The van der Waals surface area contributed by atoms with E-state index in [2.05, 4.69) is 24.5 Å². The molecular formula is C20H36N2O5S. The van der Waals surface area contributed by atoms with Crippen molar-refractivity contribution < 1.29 is 24.5 Å². The average molecular weight is 417 g/mol. The van der Waals surface area contributed by atoms with E-state index in [-0.39, 0.29) is 18.3 Å². The summed E-state index contributed by atoms with van der Waals surface area (Å²) in [6.07, 6.45) is 2.71. The number of carbonyl (C=O) groups is 2. The number of carboxylic acids is 1. The summed E-state index contributed by atoms with van der Waals surface area (Å²) in [7, 11) is 0. The number of hydrogen-bond donors (Lipinski definition) is 4. The lowest BCUT2D eigenvalue weighted by Crippen LogP contribution is -2.49. The van der Waals surface area contributed by atoms with E-state index in [1.165, 1.54) is 0 Å². The monoisotopic (exact) mass is 416 g/mol. The van der Waals surface area contributed by atoms with Gasteiger partial charge in [-0.1, -0.05) is 27.7 Å². The number of aliphatic carboxylic acids is 1. The summed E-state index contributed by atoms with van der Waals surface area (Å²) in [4.78, 5) is 22.9. The van der Waals surface area contributed by atoms with E-state index in [9.17, 15) is 14.7 Å². The summed E-state index contributed by atoms with van der Waals surface area (Å²) in [6, 6.07) is 0. The van der Waals surface area contributed by atoms with Gasteiger partial charge in [-0.15, -0.1) is 0 Å². The van der Waals surface area contributed by atoms with Gasteiger partial charge in [-0.25, -0.2) is 0 Å². The van der Waals surface area contributed by atoms with Gasteiger partial charge in [0.25, 0.3) is 0 Å². The van der Waals surface area contributed by atoms with Crippen molar-refractivity contribution >= 4 is 29.3 Å². The third-order valence-electron chi connectivity index (χ3n) is 5.19. The normalized spacial score (nSPS) is 22.6.